The molecule has 14 nitrogen and oxygen atoms in total. The van der Waals surface area contributed by atoms with E-state index in [-0.39, 0.29) is 37.4 Å². The Bertz CT molecular complexity index is 2400. The number of imidazole rings is 2. The monoisotopic (exact) mass is 954 g/mol. The Morgan fingerprint density at radius 3 is 1.59 bits per heavy atom. The number of amides is 2. The van der Waals surface area contributed by atoms with Crippen molar-refractivity contribution in [1.29, 1.82) is 0 Å². The molecule has 2 amide bonds. The van der Waals surface area contributed by atoms with Crippen LogP contribution in [0.2, 0.25) is 51.4 Å². The molecule has 2 fully saturated rings. The smallest absolute Gasteiger partial charge is 0.410 e. The van der Waals surface area contributed by atoms with Crippen LogP contribution in [0.5, 0.6) is 0 Å². The zero-order valence-electron chi connectivity index (χ0n) is 41.2. The molecule has 0 saturated carbocycles. The molecule has 0 spiro atoms. The molecule has 0 aliphatic carbocycles. The number of aliphatic hydroxyl groups excluding tert-OH is 1. The molecule has 4 aromatic rings. The molecular weight excluding hydrogens is 883 g/mol. The first-order valence-corrected chi connectivity index (χ1v) is 30.9. The number of aliphatic hydroxyl groups is 1. The first-order chi connectivity index (χ1) is 30.7. The average molecular weight is 955 g/mol. The maximum absolute atomic E-state index is 16.1. The molecule has 3 atom stereocenters. The molecular formula is C48H72F2N6O8Si2. The standard InChI is InChI=1S/C48H72F2N6O8Si2/c1-47(2,3)63-45(59)53-19-13-15-37(53)43-51-35-25-31(33(49)27-39(35)55(43)29-61-21-23-65(7,8)9)41(57)17-18-42(58)32-26-36-40(28-34(32)50)56(30-62-22-24-66(10,11)12)44(52-36)38-16-14-20-54(38)46(60)64-48(4,5)6/h25-28,37-38,41,57H,13-24,29-30H2,1-12H3. The van der Waals surface area contributed by atoms with Crippen molar-refractivity contribution in [1.82, 2.24) is 28.9 Å². The number of hydrogen-bond donors (Lipinski definition) is 1. The SMILES string of the molecule is CC(C)(C)OC(=O)N1CCCC1c1nc2cc(C(=O)CCC(O)c3cc4nc(C5CCCN5C(=O)OC(C)(C)C)n(COCC[Si](C)(C)C)c4cc3F)c(F)cc2n1COCC[Si](C)(C)C. The maximum Gasteiger partial charge on any atom is 0.410 e. The molecule has 2 saturated heterocycles. The maximum atomic E-state index is 16.1. The van der Waals surface area contributed by atoms with Crippen LogP contribution in [0.25, 0.3) is 22.1 Å². The summed E-state index contributed by atoms with van der Waals surface area (Å²) < 4.78 is 59.6. The molecule has 2 aliphatic rings. The second-order valence-electron chi connectivity index (χ2n) is 22.3. The molecule has 2 aliphatic heterocycles. The van der Waals surface area contributed by atoms with Gasteiger partial charge in [0.05, 0.1) is 45.8 Å². The third-order valence-corrected chi connectivity index (χ3v) is 15.3. The van der Waals surface area contributed by atoms with Gasteiger partial charge in [0, 0.05) is 66.6 Å². The van der Waals surface area contributed by atoms with Gasteiger partial charge in [0.15, 0.2) is 5.78 Å². The number of fused-ring (bicyclic) bond motifs is 2. The molecule has 18 heteroatoms. The third kappa shape index (κ3) is 12.8. The van der Waals surface area contributed by atoms with E-state index in [1.807, 2.05) is 41.5 Å². The lowest BCUT2D eigenvalue weighted by Gasteiger charge is -2.28. The van der Waals surface area contributed by atoms with E-state index in [1.165, 1.54) is 24.3 Å². The van der Waals surface area contributed by atoms with E-state index in [0.717, 1.165) is 24.9 Å². The normalized spacial score (nSPS) is 17.9. The highest BCUT2D eigenvalue weighted by Crippen LogP contribution is 2.38. The Morgan fingerprint density at radius 2 is 1.15 bits per heavy atom. The summed E-state index contributed by atoms with van der Waals surface area (Å²) in [5.74, 6) is -1.00. The van der Waals surface area contributed by atoms with Crippen molar-refractivity contribution in [3.8, 4) is 0 Å². The summed E-state index contributed by atoms with van der Waals surface area (Å²) in [4.78, 5) is 53.6. The van der Waals surface area contributed by atoms with Crippen molar-refractivity contribution >= 4 is 56.2 Å². The highest BCUT2D eigenvalue weighted by atomic mass is 28.3. The summed E-state index contributed by atoms with van der Waals surface area (Å²) in [6.45, 7) is 26.6. The quantitative estimate of drug-likeness (QED) is 0.0615. The number of carbonyl (C=O) groups is 3. The molecule has 2 aromatic carbocycles. The fourth-order valence-electron chi connectivity index (χ4n) is 8.37. The molecule has 1 N–H and O–H groups in total. The van der Waals surface area contributed by atoms with Crippen molar-refractivity contribution in [2.75, 3.05) is 26.3 Å². The molecule has 0 radical (unpaired) electrons. The van der Waals surface area contributed by atoms with E-state index in [4.69, 9.17) is 28.9 Å². The zero-order chi connectivity index (χ0) is 48.5. The molecule has 2 aromatic heterocycles. The number of hydrogen-bond acceptors (Lipinski definition) is 10. The Kier molecular flexibility index (Phi) is 15.6. The van der Waals surface area contributed by atoms with Crippen molar-refractivity contribution < 1.29 is 47.2 Å². The third-order valence-electron chi connectivity index (χ3n) is 11.9. The van der Waals surface area contributed by atoms with E-state index in [2.05, 4.69) is 39.3 Å². The summed E-state index contributed by atoms with van der Waals surface area (Å²) >= 11 is 0. The minimum Gasteiger partial charge on any atom is -0.444 e. The Balaban J connectivity index is 1.25. The van der Waals surface area contributed by atoms with E-state index in [0.29, 0.717) is 72.9 Å². The number of halogens is 2. The lowest BCUT2D eigenvalue weighted by atomic mass is 9.99. The van der Waals surface area contributed by atoms with Crippen molar-refractivity contribution in [2.24, 2.45) is 0 Å². The van der Waals surface area contributed by atoms with E-state index < -0.39 is 75.1 Å². The van der Waals surface area contributed by atoms with Crippen molar-refractivity contribution in [3.05, 3.63) is 58.7 Å². The molecule has 364 valence electrons. The number of likely N-dealkylation sites (tertiary alicyclic amines) is 2. The summed E-state index contributed by atoms with van der Waals surface area (Å²) in [5, 5.41) is 11.4. The van der Waals surface area contributed by atoms with Gasteiger partial charge in [-0.3, -0.25) is 14.6 Å². The molecule has 66 heavy (non-hydrogen) atoms. The second kappa shape index (κ2) is 20.2. The van der Waals surface area contributed by atoms with Gasteiger partial charge in [-0.05, 0) is 97.9 Å². The van der Waals surface area contributed by atoms with Crippen molar-refractivity contribution in [3.63, 3.8) is 0 Å². The highest BCUT2D eigenvalue weighted by molar-refractivity contribution is 6.76. The van der Waals surface area contributed by atoms with Crippen LogP contribution in [0, 0.1) is 11.6 Å². The largest absolute Gasteiger partial charge is 0.444 e. The van der Waals surface area contributed by atoms with Crippen LogP contribution < -0.4 is 0 Å². The van der Waals surface area contributed by atoms with Gasteiger partial charge in [0.25, 0.3) is 0 Å². The van der Waals surface area contributed by atoms with E-state index in [9.17, 15) is 19.5 Å². The number of nitrogens with zero attached hydrogens (tertiary/aromatic N) is 6. The fraction of sp³-hybridized carbons (Fsp3) is 0.646. The van der Waals surface area contributed by atoms with Gasteiger partial charge < -0.3 is 33.2 Å². The van der Waals surface area contributed by atoms with Crippen LogP contribution in [0.1, 0.15) is 126 Å². The number of rotatable bonds is 17. The first-order valence-electron chi connectivity index (χ1n) is 23.4. The number of benzene rings is 2. The minimum atomic E-state index is -1.42. The summed E-state index contributed by atoms with van der Waals surface area (Å²) in [6, 6.07) is 6.42. The van der Waals surface area contributed by atoms with Gasteiger partial charge in [-0.1, -0.05) is 39.3 Å². The summed E-state index contributed by atoms with van der Waals surface area (Å²) in [7, 11) is -2.82. The molecule has 4 heterocycles. The number of ether oxygens (including phenoxy) is 4. The topological polar surface area (TPSA) is 150 Å². The summed E-state index contributed by atoms with van der Waals surface area (Å²) in [5.41, 5.74) is -0.0371. The zero-order valence-corrected chi connectivity index (χ0v) is 43.2. The summed E-state index contributed by atoms with van der Waals surface area (Å²) in [6.07, 6.45) is -0.136. The van der Waals surface area contributed by atoms with Gasteiger partial charge >= 0.3 is 12.2 Å². The Labute approximate surface area is 390 Å². The minimum absolute atomic E-state index is 0.0545. The van der Waals surface area contributed by atoms with Gasteiger partial charge in [-0.15, -0.1) is 0 Å². The number of ketones is 1. The van der Waals surface area contributed by atoms with Crippen LogP contribution in [-0.4, -0.2) is 106 Å². The van der Waals surface area contributed by atoms with Gasteiger partial charge in [0.2, 0.25) is 0 Å². The number of Topliss-reactive ketones (excluding diaryl/α,β-unsaturated/α-hetero) is 1. The molecule has 0 bridgehead atoms. The second-order valence-corrected chi connectivity index (χ2v) is 33.6. The highest BCUT2D eigenvalue weighted by Gasteiger charge is 2.38. The lowest BCUT2D eigenvalue weighted by Crippen LogP contribution is -2.37. The van der Waals surface area contributed by atoms with Crippen LogP contribution in [0.3, 0.4) is 0 Å². The van der Waals surface area contributed by atoms with Gasteiger partial charge in [0.1, 0.15) is 47.9 Å². The fourth-order valence-corrected chi connectivity index (χ4v) is 9.88. The van der Waals surface area contributed by atoms with Crippen LogP contribution in [0.15, 0.2) is 24.3 Å². The number of aromatic nitrogens is 4. The number of carbonyl (C=O) groups excluding carboxylic acids is 3. The lowest BCUT2D eigenvalue weighted by molar-refractivity contribution is 0.0196. The Morgan fingerprint density at radius 1 is 0.712 bits per heavy atom. The van der Waals surface area contributed by atoms with E-state index in [1.54, 1.807) is 18.9 Å². The predicted molar refractivity (Wildman–Crippen MR) is 256 cm³/mol. The van der Waals surface area contributed by atoms with E-state index >= 15 is 8.78 Å². The van der Waals surface area contributed by atoms with Gasteiger partial charge in [-0.25, -0.2) is 28.3 Å². The van der Waals surface area contributed by atoms with Gasteiger partial charge in [-0.2, -0.15) is 0 Å². The Hall–Kier alpha value is -4.24. The predicted octanol–water partition coefficient (Wildman–Crippen LogP) is 11.1. The molecule has 6 rings (SSSR count). The van der Waals surface area contributed by atoms with Crippen molar-refractivity contribution in [2.45, 2.75) is 174 Å². The first kappa shape index (κ1) is 51.2. The van der Waals surface area contributed by atoms with Crippen LogP contribution in [0.4, 0.5) is 18.4 Å². The molecule has 3 unspecified atom stereocenters. The van der Waals surface area contributed by atoms with Crippen LogP contribution >= 0.6 is 0 Å². The average Bonchev–Trinajstić information content (AvgIpc) is 4.00. The van der Waals surface area contributed by atoms with Crippen LogP contribution in [-0.2, 0) is 32.4 Å².